The van der Waals surface area contributed by atoms with Gasteiger partial charge in [-0.05, 0) is 36.9 Å². The normalized spacial score (nSPS) is 11.7. The third kappa shape index (κ3) is 3.38. The Labute approximate surface area is 144 Å². The average molecular weight is 341 g/mol. The molecule has 0 saturated heterocycles. The Kier molecular flexibility index (Phi) is 4.23. The topological polar surface area (TPSA) is 95.4 Å². The number of aromatic nitrogens is 6. The van der Waals surface area contributed by atoms with Crippen LogP contribution in [-0.4, -0.2) is 29.8 Å². The summed E-state index contributed by atoms with van der Waals surface area (Å²) in [6.45, 7) is 8.07. The van der Waals surface area contributed by atoms with Crippen molar-refractivity contribution in [2.45, 2.75) is 43.3 Å². The first kappa shape index (κ1) is 16.4. The van der Waals surface area contributed by atoms with Gasteiger partial charge in [0.25, 0.3) is 0 Å². The summed E-state index contributed by atoms with van der Waals surface area (Å²) in [4.78, 5) is 13.2. The molecule has 0 amide bonds. The molecule has 0 unspecified atom stereocenters. The number of nitrogens with two attached hydrogens (primary N) is 1. The Balaban J connectivity index is 1.94. The molecule has 3 rings (SSSR count). The second kappa shape index (κ2) is 6.20. The van der Waals surface area contributed by atoms with Crippen LogP contribution in [0.15, 0.2) is 40.8 Å². The van der Waals surface area contributed by atoms with E-state index in [9.17, 15) is 0 Å². The molecule has 0 saturated carbocycles. The number of pyridine rings is 1. The first-order valence-electron chi connectivity index (χ1n) is 7.49. The summed E-state index contributed by atoms with van der Waals surface area (Å²) in [7, 11) is 0. The quantitative estimate of drug-likeness (QED) is 0.578. The van der Waals surface area contributed by atoms with Gasteiger partial charge < -0.3 is 5.84 Å². The smallest absolute Gasteiger partial charge is 0.216 e. The van der Waals surface area contributed by atoms with E-state index in [2.05, 4.69) is 25.1 Å². The van der Waals surface area contributed by atoms with Crippen molar-refractivity contribution < 1.29 is 0 Å². The maximum Gasteiger partial charge on any atom is 0.216 e. The van der Waals surface area contributed by atoms with Gasteiger partial charge in [0.15, 0.2) is 11.6 Å². The van der Waals surface area contributed by atoms with Crippen molar-refractivity contribution in [2.75, 3.05) is 5.84 Å². The predicted octanol–water partition coefficient (Wildman–Crippen LogP) is 2.60. The van der Waals surface area contributed by atoms with Crippen LogP contribution in [0.2, 0.25) is 0 Å². The van der Waals surface area contributed by atoms with Gasteiger partial charge in [0.2, 0.25) is 5.16 Å². The van der Waals surface area contributed by atoms with Crippen LogP contribution < -0.4 is 5.84 Å². The van der Waals surface area contributed by atoms with Gasteiger partial charge >= 0.3 is 0 Å². The molecule has 124 valence electrons. The van der Waals surface area contributed by atoms with Crippen molar-refractivity contribution in [3.8, 4) is 11.4 Å². The molecule has 0 fully saturated rings. The van der Waals surface area contributed by atoms with E-state index in [1.54, 1.807) is 12.4 Å². The van der Waals surface area contributed by atoms with Crippen molar-refractivity contribution in [1.29, 1.82) is 0 Å². The van der Waals surface area contributed by atoms with Gasteiger partial charge in [0.1, 0.15) is 5.03 Å². The molecule has 0 aliphatic carbocycles. The number of nitrogens with zero attached hydrogens (tertiary/aromatic N) is 6. The number of hydrogen-bond acceptors (Lipinski definition) is 7. The molecule has 3 aromatic rings. The van der Waals surface area contributed by atoms with Crippen LogP contribution in [-0.2, 0) is 5.41 Å². The first-order valence-corrected chi connectivity index (χ1v) is 8.31. The van der Waals surface area contributed by atoms with E-state index >= 15 is 0 Å². The van der Waals surface area contributed by atoms with Crippen molar-refractivity contribution in [2.24, 2.45) is 0 Å². The van der Waals surface area contributed by atoms with Gasteiger partial charge in [-0.15, -0.1) is 10.2 Å². The van der Waals surface area contributed by atoms with Gasteiger partial charge in [0.05, 0.1) is 0 Å². The van der Waals surface area contributed by atoms with Crippen LogP contribution in [0.1, 0.15) is 32.3 Å². The molecule has 3 heterocycles. The molecule has 7 nitrogen and oxygen atoms in total. The fourth-order valence-electron chi connectivity index (χ4n) is 2.17. The highest BCUT2D eigenvalue weighted by Gasteiger charge is 2.23. The maximum absolute atomic E-state index is 6.14. The fraction of sp³-hybridized carbons (Fsp3) is 0.312. The number of aryl methyl sites for hydroxylation is 1. The van der Waals surface area contributed by atoms with Crippen molar-refractivity contribution >= 4 is 11.8 Å². The van der Waals surface area contributed by atoms with Crippen LogP contribution in [0, 0.1) is 6.92 Å². The standard InChI is InChI=1S/C16H19N7S/c1-10-8-12(20-13(19-10)11-6-5-7-18-9-11)24-15-22-21-14(23(15)17)16(2,3)4/h5-9H,17H2,1-4H3. The predicted molar refractivity (Wildman–Crippen MR) is 93.0 cm³/mol. The van der Waals surface area contributed by atoms with E-state index < -0.39 is 0 Å². The van der Waals surface area contributed by atoms with E-state index in [0.29, 0.717) is 11.0 Å². The molecular weight excluding hydrogens is 322 g/mol. The fourth-order valence-corrected chi connectivity index (χ4v) is 2.98. The summed E-state index contributed by atoms with van der Waals surface area (Å²) in [6, 6.07) is 5.69. The lowest BCUT2D eigenvalue weighted by Gasteiger charge is -2.16. The molecule has 0 aromatic carbocycles. The summed E-state index contributed by atoms with van der Waals surface area (Å²) in [5.74, 6) is 7.50. The third-order valence-corrected chi connectivity index (χ3v) is 4.16. The lowest BCUT2D eigenvalue weighted by molar-refractivity contribution is 0.523. The van der Waals surface area contributed by atoms with Crippen LogP contribution >= 0.6 is 11.8 Å². The van der Waals surface area contributed by atoms with Crippen LogP contribution in [0.3, 0.4) is 0 Å². The molecule has 2 N–H and O–H groups in total. The second-order valence-corrected chi connectivity index (χ2v) is 7.43. The minimum absolute atomic E-state index is 0.178. The van der Waals surface area contributed by atoms with E-state index in [-0.39, 0.29) is 5.41 Å². The zero-order valence-electron chi connectivity index (χ0n) is 14.1. The maximum atomic E-state index is 6.14. The molecule has 8 heteroatoms. The molecule has 0 bridgehead atoms. The van der Waals surface area contributed by atoms with Crippen LogP contribution in [0.5, 0.6) is 0 Å². The van der Waals surface area contributed by atoms with E-state index in [1.807, 2.05) is 45.9 Å². The third-order valence-electron chi connectivity index (χ3n) is 3.28. The minimum atomic E-state index is -0.178. The second-order valence-electron chi connectivity index (χ2n) is 6.44. The Bertz CT molecular complexity index is 853. The molecule has 24 heavy (non-hydrogen) atoms. The van der Waals surface area contributed by atoms with Gasteiger partial charge in [-0.3, -0.25) is 4.98 Å². The lowest BCUT2D eigenvalue weighted by atomic mass is 9.96. The number of rotatable bonds is 3. The van der Waals surface area contributed by atoms with Gasteiger partial charge in [-0.25, -0.2) is 14.6 Å². The van der Waals surface area contributed by atoms with E-state index in [4.69, 9.17) is 5.84 Å². The zero-order valence-corrected chi connectivity index (χ0v) is 14.9. The Hall–Kier alpha value is -2.48. The molecule has 0 spiro atoms. The van der Waals surface area contributed by atoms with E-state index in [1.165, 1.54) is 16.4 Å². The largest absolute Gasteiger partial charge is 0.336 e. The van der Waals surface area contributed by atoms with E-state index in [0.717, 1.165) is 22.1 Å². The summed E-state index contributed by atoms with van der Waals surface area (Å²) in [5.41, 5.74) is 1.56. The highest BCUT2D eigenvalue weighted by Crippen LogP contribution is 2.28. The van der Waals surface area contributed by atoms with Crippen LogP contribution in [0.4, 0.5) is 0 Å². The average Bonchev–Trinajstić information content (AvgIpc) is 2.89. The Morgan fingerprint density at radius 3 is 2.58 bits per heavy atom. The lowest BCUT2D eigenvalue weighted by Crippen LogP contribution is -2.24. The zero-order chi connectivity index (χ0) is 17.3. The molecule has 0 atom stereocenters. The first-order chi connectivity index (χ1) is 11.3. The summed E-state index contributed by atoms with van der Waals surface area (Å²) in [6.07, 6.45) is 3.46. The van der Waals surface area contributed by atoms with Gasteiger partial charge in [0, 0.05) is 29.1 Å². The summed E-state index contributed by atoms with van der Waals surface area (Å²) >= 11 is 1.37. The molecule has 3 aromatic heterocycles. The molecular formula is C16H19N7S. The highest BCUT2D eigenvalue weighted by atomic mass is 32.2. The van der Waals surface area contributed by atoms with Crippen molar-refractivity contribution in [3.63, 3.8) is 0 Å². The Morgan fingerprint density at radius 1 is 1.17 bits per heavy atom. The number of hydrogen-bond donors (Lipinski definition) is 1. The van der Waals surface area contributed by atoms with Crippen molar-refractivity contribution in [1.82, 2.24) is 29.8 Å². The summed E-state index contributed by atoms with van der Waals surface area (Å²) in [5, 5.41) is 9.75. The Morgan fingerprint density at radius 2 is 1.96 bits per heavy atom. The SMILES string of the molecule is Cc1cc(Sc2nnc(C(C)(C)C)n2N)nc(-c2cccnc2)n1. The van der Waals surface area contributed by atoms with Crippen molar-refractivity contribution in [3.05, 3.63) is 42.1 Å². The minimum Gasteiger partial charge on any atom is -0.336 e. The highest BCUT2D eigenvalue weighted by molar-refractivity contribution is 7.99. The molecule has 0 aliphatic rings. The summed E-state index contributed by atoms with van der Waals surface area (Å²) < 4.78 is 1.52. The molecule has 0 aliphatic heterocycles. The van der Waals surface area contributed by atoms with Gasteiger partial charge in [-0.1, -0.05) is 20.8 Å². The number of nitrogen functional groups attached to an aromatic ring is 1. The monoisotopic (exact) mass is 341 g/mol. The molecule has 0 radical (unpaired) electrons. The van der Waals surface area contributed by atoms with Crippen LogP contribution in [0.25, 0.3) is 11.4 Å². The van der Waals surface area contributed by atoms with Gasteiger partial charge in [-0.2, -0.15) is 0 Å².